The Hall–Kier alpha value is -1.09. The van der Waals surface area contributed by atoms with E-state index in [1.165, 1.54) is 24.1 Å². The van der Waals surface area contributed by atoms with Crippen LogP contribution in [0, 0.1) is 5.92 Å². The summed E-state index contributed by atoms with van der Waals surface area (Å²) in [4.78, 5) is 4.75. The second kappa shape index (κ2) is 9.78. The van der Waals surface area contributed by atoms with Crippen LogP contribution in [0.15, 0.2) is 12.1 Å². The fourth-order valence-corrected chi connectivity index (χ4v) is 2.38. The number of nitrogens with one attached hydrogen (secondary N) is 2. The molecule has 1 rings (SSSR count). The lowest BCUT2D eigenvalue weighted by Gasteiger charge is -2.16. The summed E-state index contributed by atoms with van der Waals surface area (Å²) < 4.78 is 0. The molecule has 1 aromatic rings. The van der Waals surface area contributed by atoms with Crippen LogP contribution in [0.25, 0.3) is 0 Å². The Morgan fingerprint density at radius 3 is 2.38 bits per heavy atom. The minimum Gasteiger partial charge on any atom is -0.370 e. The van der Waals surface area contributed by atoms with Crippen LogP contribution in [0.4, 0.5) is 5.82 Å². The summed E-state index contributed by atoms with van der Waals surface area (Å²) in [7, 11) is 0. The zero-order valence-corrected chi connectivity index (χ0v) is 14.5. The number of pyridine rings is 1. The van der Waals surface area contributed by atoms with Gasteiger partial charge in [-0.05, 0) is 30.0 Å². The number of nitrogens with zero attached hydrogens (tertiary/aromatic N) is 1. The first kappa shape index (κ1) is 18.0. The van der Waals surface area contributed by atoms with Crippen molar-refractivity contribution in [2.75, 3.05) is 11.9 Å². The third kappa shape index (κ3) is 6.94. The minimum atomic E-state index is 0.508. The van der Waals surface area contributed by atoms with E-state index in [1.54, 1.807) is 0 Å². The summed E-state index contributed by atoms with van der Waals surface area (Å²) in [6, 6.07) is 4.94. The molecule has 21 heavy (non-hydrogen) atoms. The summed E-state index contributed by atoms with van der Waals surface area (Å²) >= 11 is 0. The molecule has 0 radical (unpaired) electrons. The van der Waals surface area contributed by atoms with Gasteiger partial charge in [-0.3, -0.25) is 0 Å². The van der Waals surface area contributed by atoms with Gasteiger partial charge in [0.15, 0.2) is 0 Å². The molecule has 0 spiro atoms. The molecule has 0 aliphatic rings. The Bertz CT molecular complexity index is 397. The molecule has 0 amide bonds. The first-order valence-corrected chi connectivity index (χ1v) is 8.56. The zero-order chi connectivity index (χ0) is 15.7. The van der Waals surface area contributed by atoms with Gasteiger partial charge in [-0.15, -0.1) is 0 Å². The molecule has 0 saturated carbocycles. The molecule has 120 valence electrons. The molecule has 0 bridgehead atoms. The van der Waals surface area contributed by atoms with E-state index in [-0.39, 0.29) is 0 Å². The topological polar surface area (TPSA) is 37.0 Å². The second-order valence-electron chi connectivity index (χ2n) is 6.20. The molecule has 0 aliphatic heterocycles. The van der Waals surface area contributed by atoms with E-state index in [0.717, 1.165) is 37.7 Å². The van der Waals surface area contributed by atoms with Gasteiger partial charge >= 0.3 is 0 Å². The molecule has 0 saturated heterocycles. The van der Waals surface area contributed by atoms with E-state index < -0.39 is 0 Å². The quantitative estimate of drug-likeness (QED) is 0.671. The van der Waals surface area contributed by atoms with E-state index in [2.05, 4.69) is 57.4 Å². The average molecular weight is 291 g/mol. The second-order valence-corrected chi connectivity index (χ2v) is 6.20. The molecular weight excluding hydrogens is 258 g/mol. The third-order valence-electron chi connectivity index (χ3n) is 3.89. The summed E-state index contributed by atoms with van der Waals surface area (Å²) in [5.74, 6) is 1.77. The van der Waals surface area contributed by atoms with Gasteiger partial charge in [0.05, 0.1) is 0 Å². The van der Waals surface area contributed by atoms with Crippen LogP contribution in [0.5, 0.6) is 0 Å². The molecule has 1 heterocycles. The lowest BCUT2D eigenvalue weighted by atomic mass is 10.0. The van der Waals surface area contributed by atoms with E-state index in [1.807, 2.05) is 0 Å². The van der Waals surface area contributed by atoms with Gasteiger partial charge in [-0.2, -0.15) is 0 Å². The summed E-state index contributed by atoms with van der Waals surface area (Å²) in [6.07, 6.45) is 4.63. The zero-order valence-electron chi connectivity index (χ0n) is 14.5. The molecule has 3 heteroatoms. The number of rotatable bonds is 10. The van der Waals surface area contributed by atoms with Crippen LogP contribution < -0.4 is 10.6 Å². The summed E-state index contributed by atoms with van der Waals surface area (Å²) in [6.45, 7) is 13.0. The average Bonchev–Trinajstić information content (AvgIpc) is 2.46. The van der Waals surface area contributed by atoms with Gasteiger partial charge in [-0.25, -0.2) is 4.98 Å². The van der Waals surface area contributed by atoms with Crippen molar-refractivity contribution in [2.24, 2.45) is 5.92 Å². The van der Waals surface area contributed by atoms with Crippen LogP contribution in [0.1, 0.15) is 65.1 Å². The van der Waals surface area contributed by atoms with Crippen LogP contribution >= 0.6 is 0 Å². The fourth-order valence-electron chi connectivity index (χ4n) is 2.38. The number of hydrogen-bond donors (Lipinski definition) is 2. The minimum absolute atomic E-state index is 0.508. The van der Waals surface area contributed by atoms with Crippen molar-refractivity contribution in [3.63, 3.8) is 0 Å². The first-order chi connectivity index (χ1) is 10.1. The molecule has 0 atom stereocenters. The maximum atomic E-state index is 4.75. The fraction of sp³-hybridized carbons (Fsp3) is 0.722. The van der Waals surface area contributed by atoms with E-state index in [4.69, 9.17) is 4.98 Å². The highest BCUT2D eigenvalue weighted by Crippen LogP contribution is 2.15. The Morgan fingerprint density at radius 2 is 1.81 bits per heavy atom. The maximum absolute atomic E-state index is 4.75. The maximum Gasteiger partial charge on any atom is 0.126 e. The normalized spacial score (nSPS) is 11.4. The van der Waals surface area contributed by atoms with E-state index >= 15 is 0 Å². The smallest absolute Gasteiger partial charge is 0.126 e. The van der Waals surface area contributed by atoms with Gasteiger partial charge in [0.2, 0.25) is 0 Å². The predicted octanol–water partition coefficient (Wildman–Crippen LogP) is 4.38. The highest BCUT2D eigenvalue weighted by atomic mass is 15.0. The van der Waals surface area contributed by atoms with Crippen molar-refractivity contribution in [3.8, 4) is 0 Å². The number of aromatic nitrogens is 1. The van der Waals surface area contributed by atoms with Gasteiger partial charge in [-0.1, -0.05) is 53.9 Å². The highest BCUT2D eigenvalue weighted by Gasteiger charge is 2.06. The van der Waals surface area contributed by atoms with Gasteiger partial charge in [0.25, 0.3) is 0 Å². The van der Waals surface area contributed by atoms with Crippen LogP contribution in [-0.4, -0.2) is 17.6 Å². The van der Waals surface area contributed by atoms with Crippen molar-refractivity contribution in [3.05, 3.63) is 23.4 Å². The van der Waals surface area contributed by atoms with Crippen LogP contribution in [-0.2, 0) is 13.0 Å². The largest absolute Gasteiger partial charge is 0.370 e. The highest BCUT2D eigenvalue weighted by molar-refractivity contribution is 5.40. The lowest BCUT2D eigenvalue weighted by Crippen LogP contribution is -2.22. The van der Waals surface area contributed by atoms with Crippen LogP contribution in [0.3, 0.4) is 0 Å². The Labute approximate surface area is 130 Å². The standard InChI is InChI=1S/C18H33N3/c1-6-9-17-10-16(13-19-14(4)5)11-18(21-17)20-12-15(7-2)8-3/h10-11,14-15,19H,6-9,12-13H2,1-5H3,(H,20,21). The molecule has 3 nitrogen and oxygen atoms in total. The Balaban J connectivity index is 2.75. The Morgan fingerprint density at radius 1 is 1.10 bits per heavy atom. The molecule has 0 aromatic carbocycles. The molecule has 0 unspecified atom stereocenters. The van der Waals surface area contributed by atoms with E-state index in [0.29, 0.717) is 6.04 Å². The van der Waals surface area contributed by atoms with Crippen molar-refractivity contribution < 1.29 is 0 Å². The molecule has 0 fully saturated rings. The molecule has 1 aromatic heterocycles. The summed E-state index contributed by atoms with van der Waals surface area (Å²) in [5, 5.41) is 7.02. The monoisotopic (exact) mass is 291 g/mol. The number of aryl methyl sites for hydroxylation is 1. The SMILES string of the molecule is CCCc1cc(CNC(C)C)cc(NCC(CC)CC)n1. The predicted molar refractivity (Wildman–Crippen MR) is 92.8 cm³/mol. The van der Waals surface area contributed by atoms with Crippen molar-refractivity contribution >= 4 is 5.82 Å². The summed E-state index contributed by atoms with van der Waals surface area (Å²) in [5.41, 5.74) is 2.53. The number of hydrogen-bond acceptors (Lipinski definition) is 3. The molecule has 2 N–H and O–H groups in total. The van der Waals surface area contributed by atoms with Gasteiger partial charge in [0, 0.05) is 24.8 Å². The van der Waals surface area contributed by atoms with E-state index in [9.17, 15) is 0 Å². The lowest BCUT2D eigenvalue weighted by molar-refractivity contribution is 0.518. The Kier molecular flexibility index (Phi) is 8.36. The van der Waals surface area contributed by atoms with Crippen molar-refractivity contribution in [1.82, 2.24) is 10.3 Å². The number of anilines is 1. The van der Waals surface area contributed by atoms with Crippen LogP contribution in [0.2, 0.25) is 0 Å². The van der Waals surface area contributed by atoms with Crippen molar-refractivity contribution in [2.45, 2.75) is 72.9 Å². The first-order valence-electron chi connectivity index (χ1n) is 8.56. The van der Waals surface area contributed by atoms with Gasteiger partial charge < -0.3 is 10.6 Å². The molecule has 0 aliphatic carbocycles. The van der Waals surface area contributed by atoms with Gasteiger partial charge in [0.1, 0.15) is 5.82 Å². The third-order valence-corrected chi connectivity index (χ3v) is 3.89. The van der Waals surface area contributed by atoms with Crippen molar-refractivity contribution in [1.29, 1.82) is 0 Å². The molecular formula is C18H33N3.